The number of nitrogens with one attached hydrogen (secondary N) is 1. The summed E-state index contributed by atoms with van der Waals surface area (Å²) in [4.78, 5) is 18.7. The molecule has 1 amide bonds. The summed E-state index contributed by atoms with van der Waals surface area (Å²) in [5.41, 5.74) is 2.12. The zero-order chi connectivity index (χ0) is 13.2. The predicted octanol–water partition coefficient (Wildman–Crippen LogP) is 2.20. The number of imidazole rings is 1. The number of carbonyl (C=O) groups is 1. The molecule has 3 aromatic rings. The summed E-state index contributed by atoms with van der Waals surface area (Å²) in [6, 6.07) is 7.96. The Morgan fingerprint density at radius 2 is 2.11 bits per heavy atom. The highest BCUT2D eigenvalue weighted by Gasteiger charge is 2.04. The Morgan fingerprint density at radius 3 is 2.84 bits per heavy atom. The van der Waals surface area contributed by atoms with Crippen LogP contribution in [0.1, 0.15) is 0 Å². The first-order valence-electron chi connectivity index (χ1n) is 5.84. The number of nitrogens with zero attached hydrogens (tertiary/aromatic N) is 3. The molecule has 0 spiro atoms. The Labute approximate surface area is 109 Å². The highest BCUT2D eigenvalue weighted by Crippen LogP contribution is 2.24. The summed E-state index contributed by atoms with van der Waals surface area (Å²) in [6.07, 6.45) is 5.96. The van der Waals surface area contributed by atoms with E-state index in [4.69, 9.17) is 0 Å². The normalized spacial score (nSPS) is 10.6. The molecule has 0 saturated heterocycles. The SMILES string of the molecule is Cn1cncc1-c1ccc2cnc(NC=O)cc2c1. The molecule has 0 atom stereocenters. The average molecular weight is 252 g/mol. The van der Waals surface area contributed by atoms with Crippen LogP contribution in [0.2, 0.25) is 0 Å². The molecule has 5 nitrogen and oxygen atoms in total. The molecule has 0 aliphatic rings. The lowest BCUT2D eigenvalue weighted by Gasteiger charge is -2.05. The van der Waals surface area contributed by atoms with Gasteiger partial charge in [-0.05, 0) is 17.5 Å². The minimum atomic E-state index is 0.546. The second kappa shape index (κ2) is 4.53. The first kappa shape index (κ1) is 11.4. The van der Waals surface area contributed by atoms with Crippen molar-refractivity contribution < 1.29 is 4.79 Å². The number of rotatable bonds is 3. The van der Waals surface area contributed by atoms with Crippen LogP contribution in [0, 0.1) is 0 Å². The molecule has 0 saturated carbocycles. The second-order valence-corrected chi connectivity index (χ2v) is 4.28. The number of aryl methyl sites for hydroxylation is 1. The van der Waals surface area contributed by atoms with Crippen LogP contribution in [0.5, 0.6) is 0 Å². The maximum absolute atomic E-state index is 10.4. The minimum Gasteiger partial charge on any atom is -0.334 e. The van der Waals surface area contributed by atoms with Gasteiger partial charge in [0.25, 0.3) is 0 Å². The lowest BCUT2D eigenvalue weighted by molar-refractivity contribution is -0.105. The lowest BCUT2D eigenvalue weighted by Crippen LogP contribution is -1.96. The van der Waals surface area contributed by atoms with E-state index >= 15 is 0 Å². The van der Waals surface area contributed by atoms with Gasteiger partial charge >= 0.3 is 0 Å². The van der Waals surface area contributed by atoms with Gasteiger partial charge in [0, 0.05) is 24.2 Å². The van der Waals surface area contributed by atoms with E-state index in [0.29, 0.717) is 12.2 Å². The topological polar surface area (TPSA) is 59.8 Å². The van der Waals surface area contributed by atoms with E-state index < -0.39 is 0 Å². The van der Waals surface area contributed by atoms with Gasteiger partial charge in [-0.3, -0.25) is 4.79 Å². The number of carbonyl (C=O) groups excluding carboxylic acids is 1. The second-order valence-electron chi connectivity index (χ2n) is 4.28. The van der Waals surface area contributed by atoms with Crippen LogP contribution >= 0.6 is 0 Å². The van der Waals surface area contributed by atoms with Crippen molar-refractivity contribution in [2.24, 2.45) is 7.05 Å². The van der Waals surface area contributed by atoms with Crippen molar-refractivity contribution in [3.63, 3.8) is 0 Å². The molecular weight excluding hydrogens is 240 g/mol. The molecule has 2 heterocycles. The quantitative estimate of drug-likeness (QED) is 0.727. The Kier molecular flexibility index (Phi) is 2.72. The number of anilines is 1. The molecular formula is C14H12N4O. The van der Waals surface area contributed by atoms with Crippen molar-refractivity contribution in [3.05, 3.63) is 43.0 Å². The van der Waals surface area contributed by atoms with Gasteiger partial charge < -0.3 is 9.88 Å². The number of hydrogen-bond acceptors (Lipinski definition) is 3. The summed E-state index contributed by atoms with van der Waals surface area (Å²) in [7, 11) is 1.96. The van der Waals surface area contributed by atoms with Crippen LogP contribution in [-0.4, -0.2) is 20.9 Å². The van der Waals surface area contributed by atoms with Gasteiger partial charge in [-0.15, -0.1) is 0 Å². The molecule has 0 aliphatic carbocycles. The molecule has 19 heavy (non-hydrogen) atoms. The molecule has 0 aliphatic heterocycles. The maximum Gasteiger partial charge on any atom is 0.212 e. The van der Waals surface area contributed by atoms with E-state index in [9.17, 15) is 4.79 Å². The zero-order valence-electron chi connectivity index (χ0n) is 10.4. The fraction of sp³-hybridized carbons (Fsp3) is 0.0714. The van der Waals surface area contributed by atoms with Gasteiger partial charge in [-0.2, -0.15) is 0 Å². The lowest BCUT2D eigenvalue weighted by atomic mass is 10.1. The third kappa shape index (κ3) is 2.06. The van der Waals surface area contributed by atoms with Crippen LogP contribution < -0.4 is 5.32 Å². The summed E-state index contributed by atoms with van der Waals surface area (Å²) < 4.78 is 1.97. The van der Waals surface area contributed by atoms with Crippen molar-refractivity contribution in [1.82, 2.24) is 14.5 Å². The van der Waals surface area contributed by atoms with E-state index in [-0.39, 0.29) is 0 Å². The summed E-state index contributed by atoms with van der Waals surface area (Å²) >= 11 is 0. The van der Waals surface area contributed by atoms with E-state index in [1.54, 1.807) is 12.5 Å². The fourth-order valence-electron chi connectivity index (χ4n) is 2.07. The standard InChI is InChI=1S/C14H12N4O/c1-18-8-15-7-13(18)10-2-3-11-6-16-14(17-9-19)5-12(11)4-10/h2-9H,1H3,(H,16,17,19). The van der Waals surface area contributed by atoms with E-state index in [1.807, 2.05) is 36.0 Å². The molecule has 5 heteroatoms. The molecule has 0 radical (unpaired) electrons. The molecule has 1 aromatic carbocycles. The molecule has 0 fully saturated rings. The number of fused-ring (bicyclic) bond motifs is 1. The Bertz CT molecular complexity index is 748. The third-order valence-corrected chi connectivity index (χ3v) is 3.04. The smallest absolute Gasteiger partial charge is 0.212 e. The summed E-state index contributed by atoms with van der Waals surface area (Å²) in [5, 5.41) is 4.61. The van der Waals surface area contributed by atoms with Crippen molar-refractivity contribution in [2.45, 2.75) is 0 Å². The molecule has 3 rings (SSSR count). The molecule has 0 unspecified atom stereocenters. The first-order valence-corrected chi connectivity index (χ1v) is 5.84. The first-order chi connectivity index (χ1) is 9.28. The Morgan fingerprint density at radius 1 is 1.21 bits per heavy atom. The van der Waals surface area contributed by atoms with Gasteiger partial charge in [0.15, 0.2) is 0 Å². The van der Waals surface area contributed by atoms with Gasteiger partial charge in [0.2, 0.25) is 6.41 Å². The van der Waals surface area contributed by atoms with Crippen LogP contribution in [0.3, 0.4) is 0 Å². The van der Waals surface area contributed by atoms with Crippen molar-refractivity contribution in [1.29, 1.82) is 0 Å². The number of hydrogen-bond donors (Lipinski definition) is 1. The molecule has 94 valence electrons. The van der Waals surface area contributed by atoms with E-state index in [0.717, 1.165) is 22.0 Å². The molecule has 2 aromatic heterocycles. The number of aromatic nitrogens is 3. The number of amides is 1. The Hall–Kier alpha value is -2.69. The van der Waals surface area contributed by atoms with Gasteiger partial charge in [-0.25, -0.2) is 9.97 Å². The zero-order valence-corrected chi connectivity index (χ0v) is 10.4. The van der Waals surface area contributed by atoms with E-state index in [1.165, 1.54) is 0 Å². The highest BCUT2D eigenvalue weighted by atomic mass is 16.1. The maximum atomic E-state index is 10.4. The highest BCUT2D eigenvalue weighted by molar-refractivity contribution is 5.89. The van der Waals surface area contributed by atoms with Crippen LogP contribution in [0.25, 0.3) is 22.0 Å². The van der Waals surface area contributed by atoms with Gasteiger partial charge in [0.1, 0.15) is 5.82 Å². The third-order valence-electron chi connectivity index (χ3n) is 3.04. The number of benzene rings is 1. The summed E-state index contributed by atoms with van der Waals surface area (Å²) in [5.74, 6) is 0.546. The average Bonchev–Trinajstić information content (AvgIpc) is 2.84. The predicted molar refractivity (Wildman–Crippen MR) is 73.6 cm³/mol. The van der Waals surface area contributed by atoms with Crippen molar-refractivity contribution in [2.75, 3.05) is 5.32 Å². The largest absolute Gasteiger partial charge is 0.334 e. The van der Waals surface area contributed by atoms with E-state index in [2.05, 4.69) is 21.4 Å². The Balaban J connectivity index is 2.13. The van der Waals surface area contributed by atoms with Crippen LogP contribution in [0.4, 0.5) is 5.82 Å². The van der Waals surface area contributed by atoms with Crippen LogP contribution in [-0.2, 0) is 11.8 Å². The van der Waals surface area contributed by atoms with Crippen molar-refractivity contribution >= 4 is 23.0 Å². The minimum absolute atomic E-state index is 0.546. The molecule has 0 bridgehead atoms. The monoisotopic (exact) mass is 252 g/mol. The van der Waals surface area contributed by atoms with Crippen molar-refractivity contribution in [3.8, 4) is 11.3 Å². The van der Waals surface area contributed by atoms with Gasteiger partial charge in [-0.1, -0.05) is 12.1 Å². The van der Waals surface area contributed by atoms with Gasteiger partial charge in [0.05, 0.1) is 18.2 Å². The summed E-state index contributed by atoms with van der Waals surface area (Å²) in [6.45, 7) is 0. The number of pyridine rings is 1. The molecule has 1 N–H and O–H groups in total. The fourth-order valence-corrected chi connectivity index (χ4v) is 2.07. The van der Waals surface area contributed by atoms with Crippen LogP contribution in [0.15, 0.2) is 43.0 Å².